The molecule has 212 valence electrons. The molecule has 0 bridgehead atoms. The van der Waals surface area contributed by atoms with E-state index in [4.69, 9.17) is 14.9 Å². The van der Waals surface area contributed by atoms with Crippen LogP contribution in [0.1, 0.15) is 146 Å². The second kappa shape index (κ2) is 23.1. The van der Waals surface area contributed by atoms with Gasteiger partial charge in [0.25, 0.3) is 0 Å². The quantitative estimate of drug-likeness (QED) is 0.119. The van der Waals surface area contributed by atoms with Crippen LogP contribution in [0.5, 0.6) is 5.75 Å². The van der Waals surface area contributed by atoms with E-state index in [1.165, 1.54) is 81.8 Å². The average molecular weight is 519 g/mol. The predicted molar refractivity (Wildman–Crippen MR) is 153 cm³/mol. The highest BCUT2D eigenvalue weighted by atomic mass is 16.5. The molecule has 1 aromatic rings. The van der Waals surface area contributed by atoms with Gasteiger partial charge in [-0.05, 0) is 68.2 Å². The maximum absolute atomic E-state index is 10.6. The zero-order valence-corrected chi connectivity index (χ0v) is 23.6. The van der Waals surface area contributed by atoms with Gasteiger partial charge < -0.3 is 14.9 Å². The van der Waals surface area contributed by atoms with Crippen LogP contribution in [0.4, 0.5) is 0 Å². The van der Waals surface area contributed by atoms with Crippen LogP contribution in [-0.2, 0) is 22.4 Å². The van der Waals surface area contributed by atoms with Crippen molar-refractivity contribution in [1.82, 2.24) is 0 Å². The molecule has 0 unspecified atom stereocenters. The summed E-state index contributed by atoms with van der Waals surface area (Å²) in [4.78, 5) is 21.2. The first-order valence-electron chi connectivity index (χ1n) is 15.2. The van der Waals surface area contributed by atoms with E-state index in [2.05, 4.69) is 25.1 Å². The summed E-state index contributed by atoms with van der Waals surface area (Å²) in [5.74, 6) is -0.359. The molecule has 0 saturated heterocycles. The molecule has 1 aromatic carbocycles. The van der Waals surface area contributed by atoms with Crippen LogP contribution >= 0.6 is 0 Å². The first kappa shape index (κ1) is 33.0. The Morgan fingerprint density at radius 1 is 0.595 bits per heavy atom. The van der Waals surface area contributed by atoms with Gasteiger partial charge in [-0.1, -0.05) is 96.5 Å². The Balaban J connectivity index is 2.39. The van der Waals surface area contributed by atoms with E-state index in [1.807, 2.05) is 0 Å². The summed E-state index contributed by atoms with van der Waals surface area (Å²) < 4.78 is 6.07. The number of aliphatic carboxylic acids is 2. The summed E-state index contributed by atoms with van der Waals surface area (Å²) in [7, 11) is 0. The SMILES string of the molecule is CCCCCCOc1ccc(CCCCCCCCCC(=O)O)c(CCCCCCCCCC(=O)O)c1. The van der Waals surface area contributed by atoms with Crippen molar-refractivity contribution in [3.05, 3.63) is 29.3 Å². The van der Waals surface area contributed by atoms with Crippen LogP contribution in [0, 0.1) is 0 Å². The van der Waals surface area contributed by atoms with Crippen LogP contribution in [0.3, 0.4) is 0 Å². The Hall–Kier alpha value is -2.04. The zero-order valence-electron chi connectivity index (χ0n) is 23.6. The zero-order chi connectivity index (χ0) is 27.0. The minimum atomic E-state index is -0.684. The molecule has 0 radical (unpaired) electrons. The second-order valence-electron chi connectivity index (χ2n) is 10.6. The lowest BCUT2D eigenvalue weighted by Gasteiger charge is -2.13. The van der Waals surface area contributed by atoms with E-state index in [-0.39, 0.29) is 0 Å². The molecule has 2 N–H and O–H groups in total. The van der Waals surface area contributed by atoms with Gasteiger partial charge in [-0.25, -0.2) is 0 Å². The number of hydrogen-bond acceptors (Lipinski definition) is 3. The normalized spacial score (nSPS) is 11.1. The summed E-state index contributed by atoms with van der Waals surface area (Å²) in [6, 6.07) is 6.72. The van der Waals surface area contributed by atoms with Crippen molar-refractivity contribution < 1.29 is 24.5 Å². The van der Waals surface area contributed by atoms with E-state index in [0.717, 1.165) is 70.1 Å². The molecule has 0 aliphatic rings. The van der Waals surface area contributed by atoms with Crippen molar-refractivity contribution in [2.45, 2.75) is 148 Å². The molecule has 0 aromatic heterocycles. The number of rotatable bonds is 26. The van der Waals surface area contributed by atoms with Crippen molar-refractivity contribution >= 4 is 11.9 Å². The third-order valence-electron chi connectivity index (χ3n) is 7.12. The molecule has 37 heavy (non-hydrogen) atoms. The summed E-state index contributed by atoms with van der Waals surface area (Å²) in [6.07, 6.45) is 23.3. The number of carbonyl (C=O) groups is 2. The highest BCUT2D eigenvalue weighted by molar-refractivity contribution is 5.66. The first-order chi connectivity index (χ1) is 18.0. The number of ether oxygens (including phenoxy) is 1. The number of unbranched alkanes of at least 4 members (excludes halogenated alkanes) is 15. The van der Waals surface area contributed by atoms with Crippen LogP contribution in [0.2, 0.25) is 0 Å². The highest BCUT2D eigenvalue weighted by Gasteiger charge is 2.07. The van der Waals surface area contributed by atoms with E-state index in [0.29, 0.717) is 12.8 Å². The lowest BCUT2D eigenvalue weighted by Crippen LogP contribution is -2.01. The number of carboxylic acid groups (broad SMARTS) is 2. The van der Waals surface area contributed by atoms with Gasteiger partial charge in [0.2, 0.25) is 0 Å². The van der Waals surface area contributed by atoms with E-state index in [9.17, 15) is 9.59 Å². The molecule has 0 atom stereocenters. The van der Waals surface area contributed by atoms with Gasteiger partial charge in [0.05, 0.1) is 6.61 Å². The van der Waals surface area contributed by atoms with Crippen molar-refractivity contribution in [3.8, 4) is 5.75 Å². The lowest BCUT2D eigenvalue weighted by molar-refractivity contribution is -0.138. The molecule has 0 saturated carbocycles. The third kappa shape index (κ3) is 19.7. The predicted octanol–water partition coefficient (Wildman–Crippen LogP) is 9.14. The summed E-state index contributed by atoms with van der Waals surface area (Å²) in [6.45, 7) is 3.03. The van der Waals surface area contributed by atoms with Crippen molar-refractivity contribution in [1.29, 1.82) is 0 Å². The molecular formula is C32H54O5. The van der Waals surface area contributed by atoms with Crippen LogP contribution < -0.4 is 4.74 Å². The molecule has 1 rings (SSSR count). The molecular weight excluding hydrogens is 464 g/mol. The third-order valence-corrected chi connectivity index (χ3v) is 7.12. The van der Waals surface area contributed by atoms with Crippen molar-refractivity contribution in [2.75, 3.05) is 6.61 Å². The number of carboxylic acids is 2. The van der Waals surface area contributed by atoms with E-state index < -0.39 is 11.9 Å². The first-order valence-corrected chi connectivity index (χ1v) is 15.2. The molecule has 0 aliphatic carbocycles. The number of aryl methyl sites for hydroxylation is 2. The maximum Gasteiger partial charge on any atom is 0.303 e. The Morgan fingerprint density at radius 3 is 1.57 bits per heavy atom. The summed E-state index contributed by atoms with van der Waals surface area (Å²) in [5, 5.41) is 17.4. The van der Waals surface area contributed by atoms with Gasteiger partial charge in [0.1, 0.15) is 5.75 Å². The minimum absolute atomic E-state index is 0.298. The lowest BCUT2D eigenvalue weighted by atomic mass is 9.96. The van der Waals surface area contributed by atoms with Gasteiger partial charge in [0, 0.05) is 12.8 Å². The van der Waals surface area contributed by atoms with Gasteiger partial charge in [-0.2, -0.15) is 0 Å². The molecule has 5 nitrogen and oxygen atoms in total. The minimum Gasteiger partial charge on any atom is -0.494 e. The van der Waals surface area contributed by atoms with Gasteiger partial charge in [0.15, 0.2) is 0 Å². The van der Waals surface area contributed by atoms with Gasteiger partial charge in [-0.3, -0.25) is 9.59 Å². The molecule has 0 fully saturated rings. The van der Waals surface area contributed by atoms with Crippen molar-refractivity contribution in [2.24, 2.45) is 0 Å². The second-order valence-corrected chi connectivity index (χ2v) is 10.6. The van der Waals surface area contributed by atoms with Crippen LogP contribution in [-0.4, -0.2) is 28.8 Å². The summed E-state index contributed by atoms with van der Waals surface area (Å²) >= 11 is 0. The van der Waals surface area contributed by atoms with Crippen LogP contribution in [0.25, 0.3) is 0 Å². The van der Waals surface area contributed by atoms with Crippen molar-refractivity contribution in [3.63, 3.8) is 0 Å². The fourth-order valence-corrected chi connectivity index (χ4v) is 4.84. The maximum atomic E-state index is 10.6. The molecule has 0 spiro atoms. The largest absolute Gasteiger partial charge is 0.494 e. The van der Waals surface area contributed by atoms with E-state index in [1.54, 1.807) is 0 Å². The Morgan fingerprint density at radius 2 is 1.05 bits per heavy atom. The molecule has 0 amide bonds. The Labute approximate surface area is 226 Å². The molecule has 0 aliphatic heterocycles. The molecule has 5 heteroatoms. The number of benzene rings is 1. The fourth-order valence-electron chi connectivity index (χ4n) is 4.84. The van der Waals surface area contributed by atoms with Crippen LogP contribution in [0.15, 0.2) is 18.2 Å². The fraction of sp³-hybridized carbons (Fsp3) is 0.750. The van der Waals surface area contributed by atoms with E-state index >= 15 is 0 Å². The summed E-state index contributed by atoms with van der Waals surface area (Å²) in [5.41, 5.74) is 2.91. The Kier molecular flexibility index (Phi) is 20.6. The topological polar surface area (TPSA) is 83.8 Å². The average Bonchev–Trinajstić information content (AvgIpc) is 2.87. The standard InChI is InChI=1S/C32H54O5/c1-2-3-4-19-26-37-30-25-24-28(20-15-11-7-5-9-13-17-22-31(33)34)29(27-30)21-16-12-8-6-10-14-18-23-32(35)36/h24-25,27H,2-23,26H2,1H3,(H,33,34)(H,35,36). The van der Waals surface area contributed by atoms with Gasteiger partial charge >= 0.3 is 11.9 Å². The molecule has 0 heterocycles. The monoisotopic (exact) mass is 518 g/mol. The smallest absolute Gasteiger partial charge is 0.303 e. The van der Waals surface area contributed by atoms with Gasteiger partial charge in [-0.15, -0.1) is 0 Å². The Bertz CT molecular complexity index is 715. The highest BCUT2D eigenvalue weighted by Crippen LogP contribution is 2.23. The number of hydrogen-bond donors (Lipinski definition) is 2.